The number of aromatic nitrogens is 1. The molecule has 1 atom stereocenters. The van der Waals surface area contributed by atoms with Crippen molar-refractivity contribution in [3.05, 3.63) is 28.0 Å². The number of fused-ring (bicyclic) bond motifs is 1. The average molecular weight is 268 g/mol. The Kier molecular flexibility index (Phi) is 3.16. The minimum atomic E-state index is -1.39. The summed E-state index contributed by atoms with van der Waals surface area (Å²) in [5, 5.41) is 21.4. The fourth-order valence-electron chi connectivity index (χ4n) is 1.95. The molecule has 0 bridgehead atoms. The molecular formula is C11H12N2O4S. The van der Waals surface area contributed by atoms with Crippen LogP contribution >= 0.6 is 11.8 Å². The molecule has 0 aliphatic carbocycles. The fourth-order valence-corrected chi connectivity index (χ4v) is 3.30. The van der Waals surface area contributed by atoms with Crippen molar-refractivity contribution in [1.82, 2.24) is 4.57 Å². The monoisotopic (exact) mass is 268 g/mol. The Hall–Kier alpha value is -1.76. The lowest BCUT2D eigenvalue weighted by Crippen LogP contribution is -2.37. The van der Waals surface area contributed by atoms with Crippen molar-refractivity contribution < 1.29 is 15.1 Å². The molecule has 0 amide bonds. The molecular weight excluding hydrogens is 256 g/mol. The summed E-state index contributed by atoms with van der Waals surface area (Å²) in [6, 6.07) is 1.43. The molecule has 0 fully saturated rings. The van der Waals surface area contributed by atoms with Gasteiger partial charge in [0.15, 0.2) is 10.2 Å². The fraction of sp³-hybridized carbons (Fsp3) is 0.364. The van der Waals surface area contributed by atoms with Crippen LogP contribution in [-0.4, -0.2) is 31.8 Å². The highest BCUT2D eigenvalue weighted by Gasteiger charge is 2.46. The number of rotatable bonds is 3. The van der Waals surface area contributed by atoms with Gasteiger partial charge in [0, 0.05) is 30.8 Å². The second kappa shape index (κ2) is 4.49. The molecule has 6 nitrogen and oxygen atoms in total. The van der Waals surface area contributed by atoms with Crippen LogP contribution in [-0.2, 0) is 17.8 Å². The Balaban J connectivity index is 2.58. The van der Waals surface area contributed by atoms with E-state index >= 15 is 0 Å². The highest BCUT2D eigenvalue weighted by atomic mass is 32.2. The summed E-state index contributed by atoms with van der Waals surface area (Å²) in [6.45, 7) is 2.55. The highest BCUT2D eigenvalue weighted by molar-refractivity contribution is 8.02. The first-order valence-electron chi connectivity index (χ1n) is 5.37. The van der Waals surface area contributed by atoms with Gasteiger partial charge in [-0.2, -0.15) is 0 Å². The lowest BCUT2D eigenvalue weighted by molar-refractivity contribution is -0.137. The number of carbonyl (C=O) groups is 1. The van der Waals surface area contributed by atoms with Gasteiger partial charge in [0.1, 0.15) is 0 Å². The van der Waals surface area contributed by atoms with Crippen LogP contribution < -0.4 is 5.43 Å². The third kappa shape index (κ3) is 1.80. The molecule has 1 unspecified atom stereocenters. The number of thioether (sulfide) groups is 1. The SMILES string of the molecule is CCn1ccc(=O)c2c1SC(C=NO)(C(=O)O)C2. The lowest BCUT2D eigenvalue weighted by Gasteiger charge is -2.16. The van der Waals surface area contributed by atoms with Crippen LogP contribution in [0.2, 0.25) is 0 Å². The van der Waals surface area contributed by atoms with E-state index in [0.29, 0.717) is 17.1 Å². The van der Waals surface area contributed by atoms with Gasteiger partial charge in [0.2, 0.25) is 0 Å². The average Bonchev–Trinajstić information content (AvgIpc) is 2.72. The first-order valence-corrected chi connectivity index (χ1v) is 6.19. The van der Waals surface area contributed by atoms with Crippen molar-refractivity contribution in [3.63, 3.8) is 0 Å². The van der Waals surface area contributed by atoms with Crippen LogP contribution in [0.25, 0.3) is 0 Å². The van der Waals surface area contributed by atoms with E-state index in [1.54, 1.807) is 6.20 Å². The van der Waals surface area contributed by atoms with Crippen molar-refractivity contribution >= 4 is 23.9 Å². The van der Waals surface area contributed by atoms with Gasteiger partial charge in [-0.05, 0) is 6.92 Å². The quantitative estimate of drug-likeness (QED) is 0.480. The van der Waals surface area contributed by atoms with Crippen LogP contribution in [0.1, 0.15) is 12.5 Å². The lowest BCUT2D eigenvalue weighted by atomic mass is 10.0. The number of nitrogens with zero attached hydrogens (tertiary/aromatic N) is 2. The van der Waals surface area contributed by atoms with Gasteiger partial charge in [-0.25, -0.2) is 0 Å². The maximum atomic E-state index is 11.8. The smallest absolute Gasteiger partial charge is 0.326 e. The molecule has 0 radical (unpaired) electrons. The van der Waals surface area contributed by atoms with Crippen LogP contribution in [0.3, 0.4) is 0 Å². The van der Waals surface area contributed by atoms with Gasteiger partial charge in [-0.15, -0.1) is 0 Å². The number of hydrogen-bond donors (Lipinski definition) is 2. The van der Waals surface area contributed by atoms with E-state index in [9.17, 15) is 14.7 Å². The number of carboxylic acids is 1. The summed E-state index contributed by atoms with van der Waals surface area (Å²) in [4.78, 5) is 23.1. The van der Waals surface area contributed by atoms with Gasteiger partial charge in [-0.1, -0.05) is 16.9 Å². The second-order valence-electron chi connectivity index (χ2n) is 3.97. The zero-order valence-corrected chi connectivity index (χ0v) is 10.5. The van der Waals surface area contributed by atoms with Crippen LogP contribution in [0.15, 0.2) is 27.2 Å². The third-order valence-electron chi connectivity index (χ3n) is 2.91. The highest BCUT2D eigenvalue weighted by Crippen LogP contribution is 2.43. The third-order valence-corrected chi connectivity index (χ3v) is 4.37. The predicted molar refractivity (Wildman–Crippen MR) is 66.6 cm³/mol. The normalized spacial score (nSPS) is 22.3. The second-order valence-corrected chi connectivity index (χ2v) is 5.29. The van der Waals surface area contributed by atoms with E-state index in [1.165, 1.54) is 6.07 Å². The van der Waals surface area contributed by atoms with Gasteiger partial charge < -0.3 is 14.9 Å². The van der Waals surface area contributed by atoms with E-state index in [-0.39, 0.29) is 11.8 Å². The number of aryl methyl sites for hydroxylation is 1. The molecule has 18 heavy (non-hydrogen) atoms. The van der Waals surface area contributed by atoms with Crippen molar-refractivity contribution in [3.8, 4) is 0 Å². The van der Waals surface area contributed by atoms with E-state index in [4.69, 9.17) is 5.21 Å². The van der Waals surface area contributed by atoms with E-state index < -0.39 is 10.7 Å². The number of pyridine rings is 1. The number of carboxylic acid groups (broad SMARTS) is 1. The molecule has 1 aliphatic heterocycles. The van der Waals surface area contributed by atoms with Crippen molar-refractivity contribution in [2.24, 2.45) is 5.16 Å². The summed E-state index contributed by atoms with van der Waals surface area (Å²) >= 11 is 1.04. The van der Waals surface area contributed by atoms with E-state index in [1.807, 2.05) is 11.5 Å². The van der Waals surface area contributed by atoms with E-state index in [2.05, 4.69) is 5.16 Å². The number of oxime groups is 1. The molecule has 1 aliphatic rings. The zero-order chi connectivity index (χ0) is 13.3. The molecule has 2 rings (SSSR count). The van der Waals surface area contributed by atoms with Gasteiger partial charge >= 0.3 is 5.97 Å². The summed E-state index contributed by atoms with van der Waals surface area (Å²) in [6.07, 6.45) is 2.65. The molecule has 0 saturated carbocycles. The van der Waals surface area contributed by atoms with Gasteiger partial charge in [-0.3, -0.25) is 9.59 Å². The molecule has 0 saturated heterocycles. The maximum Gasteiger partial charge on any atom is 0.326 e. The Bertz CT molecular complexity index is 581. The van der Waals surface area contributed by atoms with Crippen molar-refractivity contribution in [1.29, 1.82) is 0 Å². The molecule has 1 aromatic heterocycles. The minimum Gasteiger partial charge on any atom is -0.480 e. The first-order chi connectivity index (χ1) is 8.54. The van der Waals surface area contributed by atoms with Crippen LogP contribution in [0.4, 0.5) is 0 Å². The number of aliphatic carboxylic acids is 1. The molecule has 7 heteroatoms. The molecule has 1 aromatic rings. The Morgan fingerprint density at radius 1 is 1.72 bits per heavy atom. The maximum absolute atomic E-state index is 11.8. The summed E-state index contributed by atoms with van der Waals surface area (Å²) in [5.41, 5.74) is 0.281. The first kappa shape index (κ1) is 12.7. The largest absolute Gasteiger partial charge is 0.480 e. The topological polar surface area (TPSA) is 91.9 Å². The minimum absolute atomic E-state index is 0.0338. The Morgan fingerprint density at radius 3 is 3.00 bits per heavy atom. The van der Waals surface area contributed by atoms with Gasteiger partial charge in [0.05, 0.1) is 11.2 Å². The van der Waals surface area contributed by atoms with Crippen molar-refractivity contribution in [2.45, 2.75) is 29.7 Å². The number of hydrogen-bond acceptors (Lipinski definition) is 5. The zero-order valence-electron chi connectivity index (χ0n) is 9.66. The summed E-state index contributed by atoms with van der Waals surface area (Å²) in [7, 11) is 0. The van der Waals surface area contributed by atoms with E-state index in [0.717, 1.165) is 18.0 Å². The van der Waals surface area contributed by atoms with Crippen LogP contribution in [0, 0.1) is 0 Å². The summed E-state index contributed by atoms with van der Waals surface area (Å²) in [5.74, 6) is -1.12. The molecule has 2 heterocycles. The molecule has 96 valence electrons. The predicted octanol–water partition coefficient (Wildman–Crippen LogP) is 0.800. The van der Waals surface area contributed by atoms with Crippen LogP contribution in [0.5, 0.6) is 0 Å². The molecule has 2 N–H and O–H groups in total. The summed E-state index contributed by atoms with van der Waals surface area (Å²) < 4.78 is 0.422. The molecule has 0 aromatic carbocycles. The standard InChI is InChI=1S/C11H12N2O4S/c1-2-13-4-3-8(14)7-5-11(6-12-17,10(15)16)18-9(7)13/h3-4,6,17H,2,5H2,1H3,(H,15,16). The van der Waals surface area contributed by atoms with Crippen molar-refractivity contribution in [2.75, 3.05) is 0 Å². The Labute approximate surface area is 107 Å². The Morgan fingerprint density at radius 2 is 2.44 bits per heavy atom. The molecule has 0 spiro atoms. The van der Waals surface area contributed by atoms with Gasteiger partial charge in [0.25, 0.3) is 0 Å².